The van der Waals surface area contributed by atoms with Crippen molar-refractivity contribution >= 4 is 6.29 Å². The number of carbonyl (C=O) groups excluding carboxylic acids is 1. The predicted octanol–water partition coefficient (Wildman–Crippen LogP) is 3.41. The molecule has 0 aliphatic heterocycles. The maximum absolute atomic E-state index is 10.5. The molecule has 0 spiro atoms. The topological polar surface area (TPSA) is 26.3 Å². The summed E-state index contributed by atoms with van der Waals surface area (Å²) in [4.78, 5) is 10.5. The molecule has 0 unspecified atom stereocenters. The van der Waals surface area contributed by atoms with Crippen LogP contribution >= 0.6 is 0 Å². The molecule has 2 aromatic carbocycles. The van der Waals surface area contributed by atoms with E-state index in [0.29, 0.717) is 6.42 Å². The minimum Gasteiger partial charge on any atom is -0.497 e. The van der Waals surface area contributed by atoms with Crippen molar-refractivity contribution in [3.63, 3.8) is 0 Å². The highest BCUT2D eigenvalue weighted by molar-refractivity contribution is 5.69. The zero-order valence-electron chi connectivity index (χ0n) is 10.6. The van der Waals surface area contributed by atoms with Gasteiger partial charge in [0, 0.05) is 6.42 Å². The summed E-state index contributed by atoms with van der Waals surface area (Å²) in [5.74, 6) is 0.856. The molecule has 0 heterocycles. The van der Waals surface area contributed by atoms with E-state index in [0.717, 1.165) is 23.2 Å². The number of aryl methyl sites for hydroxylation is 1. The van der Waals surface area contributed by atoms with Gasteiger partial charge in [-0.15, -0.1) is 0 Å². The Kier molecular flexibility index (Phi) is 3.78. The minimum atomic E-state index is 0.476. The molecule has 2 heteroatoms. The first kappa shape index (κ1) is 12.4. The minimum absolute atomic E-state index is 0.476. The SMILES string of the molecule is COc1ccc(-c2ccc(CC=O)cc2C)cc1. The number of methoxy groups -OCH3 is 1. The van der Waals surface area contributed by atoms with Crippen molar-refractivity contribution in [2.45, 2.75) is 13.3 Å². The van der Waals surface area contributed by atoms with Crippen LogP contribution in [0.2, 0.25) is 0 Å². The van der Waals surface area contributed by atoms with Gasteiger partial charge in [-0.25, -0.2) is 0 Å². The Balaban J connectivity index is 2.34. The fourth-order valence-corrected chi connectivity index (χ4v) is 2.04. The lowest BCUT2D eigenvalue weighted by Crippen LogP contribution is -1.90. The van der Waals surface area contributed by atoms with E-state index in [9.17, 15) is 4.79 Å². The standard InChI is InChI=1S/C16H16O2/c1-12-11-13(9-10-17)3-8-16(12)14-4-6-15(18-2)7-5-14/h3-8,10-11H,9H2,1-2H3. The molecule has 0 aliphatic carbocycles. The molecule has 0 N–H and O–H groups in total. The van der Waals surface area contributed by atoms with Crippen LogP contribution in [0.1, 0.15) is 11.1 Å². The Labute approximate surface area is 107 Å². The average Bonchev–Trinajstić information content (AvgIpc) is 2.40. The number of benzene rings is 2. The smallest absolute Gasteiger partial charge is 0.124 e. The molecule has 0 aromatic heterocycles. The normalized spacial score (nSPS) is 10.1. The van der Waals surface area contributed by atoms with Crippen LogP contribution in [-0.2, 0) is 11.2 Å². The Morgan fingerprint density at radius 1 is 1.11 bits per heavy atom. The van der Waals surface area contributed by atoms with E-state index in [4.69, 9.17) is 4.74 Å². The van der Waals surface area contributed by atoms with Gasteiger partial charge in [0.1, 0.15) is 12.0 Å². The first-order chi connectivity index (χ1) is 8.74. The molecule has 0 fully saturated rings. The van der Waals surface area contributed by atoms with Crippen LogP contribution < -0.4 is 4.74 Å². The summed E-state index contributed by atoms with van der Waals surface area (Å²) in [7, 11) is 1.66. The van der Waals surface area contributed by atoms with Crippen molar-refractivity contribution in [3.05, 3.63) is 53.6 Å². The Morgan fingerprint density at radius 2 is 1.83 bits per heavy atom. The zero-order chi connectivity index (χ0) is 13.0. The van der Waals surface area contributed by atoms with Crippen LogP contribution in [0.25, 0.3) is 11.1 Å². The number of ether oxygens (including phenoxy) is 1. The lowest BCUT2D eigenvalue weighted by atomic mass is 9.97. The molecule has 0 radical (unpaired) electrons. The fourth-order valence-electron chi connectivity index (χ4n) is 2.04. The second kappa shape index (κ2) is 5.50. The molecule has 0 atom stereocenters. The molecule has 2 aromatic rings. The van der Waals surface area contributed by atoms with Gasteiger partial charge in [0.25, 0.3) is 0 Å². The van der Waals surface area contributed by atoms with Crippen LogP contribution in [0.15, 0.2) is 42.5 Å². The maximum atomic E-state index is 10.5. The van der Waals surface area contributed by atoms with Crippen molar-refractivity contribution in [3.8, 4) is 16.9 Å². The second-order valence-corrected chi connectivity index (χ2v) is 4.25. The molecule has 18 heavy (non-hydrogen) atoms. The molecule has 0 aliphatic rings. The van der Waals surface area contributed by atoms with Gasteiger partial charge in [-0.2, -0.15) is 0 Å². The lowest BCUT2D eigenvalue weighted by Gasteiger charge is -2.08. The fraction of sp³-hybridized carbons (Fsp3) is 0.188. The van der Waals surface area contributed by atoms with E-state index >= 15 is 0 Å². The van der Waals surface area contributed by atoms with Crippen LogP contribution in [0.4, 0.5) is 0 Å². The summed E-state index contributed by atoms with van der Waals surface area (Å²) in [6.45, 7) is 2.06. The number of hydrogen-bond donors (Lipinski definition) is 0. The molecule has 2 nitrogen and oxygen atoms in total. The van der Waals surface area contributed by atoms with E-state index in [2.05, 4.69) is 19.1 Å². The summed E-state index contributed by atoms with van der Waals surface area (Å²) in [5, 5.41) is 0. The van der Waals surface area contributed by atoms with Gasteiger partial charge in [0.2, 0.25) is 0 Å². The first-order valence-corrected chi connectivity index (χ1v) is 5.92. The molecule has 92 valence electrons. The number of rotatable bonds is 4. The zero-order valence-corrected chi connectivity index (χ0v) is 10.6. The van der Waals surface area contributed by atoms with E-state index in [1.807, 2.05) is 30.3 Å². The van der Waals surface area contributed by atoms with Gasteiger partial charge < -0.3 is 9.53 Å². The summed E-state index contributed by atoms with van der Waals surface area (Å²) in [6, 6.07) is 14.1. The third kappa shape index (κ3) is 2.59. The van der Waals surface area contributed by atoms with Gasteiger partial charge in [-0.3, -0.25) is 0 Å². The lowest BCUT2D eigenvalue weighted by molar-refractivity contribution is -0.107. The highest BCUT2D eigenvalue weighted by atomic mass is 16.5. The molecule has 0 saturated heterocycles. The molecule has 0 amide bonds. The third-order valence-electron chi connectivity index (χ3n) is 3.01. The van der Waals surface area contributed by atoms with Gasteiger partial charge >= 0.3 is 0 Å². The van der Waals surface area contributed by atoms with E-state index in [-0.39, 0.29) is 0 Å². The van der Waals surface area contributed by atoms with E-state index in [1.165, 1.54) is 11.1 Å². The summed E-state index contributed by atoms with van der Waals surface area (Å²) < 4.78 is 5.15. The summed E-state index contributed by atoms with van der Waals surface area (Å²) >= 11 is 0. The van der Waals surface area contributed by atoms with Crippen LogP contribution in [-0.4, -0.2) is 13.4 Å². The number of carbonyl (C=O) groups is 1. The molecule has 0 saturated carbocycles. The van der Waals surface area contributed by atoms with Crippen molar-refractivity contribution in [1.82, 2.24) is 0 Å². The van der Waals surface area contributed by atoms with Crippen LogP contribution in [0.5, 0.6) is 5.75 Å². The Hall–Kier alpha value is -2.09. The molecule has 0 bridgehead atoms. The van der Waals surface area contributed by atoms with Crippen molar-refractivity contribution in [2.75, 3.05) is 7.11 Å². The monoisotopic (exact) mass is 240 g/mol. The number of aldehydes is 1. The Morgan fingerprint density at radius 3 is 2.39 bits per heavy atom. The van der Waals surface area contributed by atoms with Gasteiger partial charge in [0.15, 0.2) is 0 Å². The van der Waals surface area contributed by atoms with Crippen LogP contribution in [0.3, 0.4) is 0 Å². The van der Waals surface area contributed by atoms with Gasteiger partial charge in [-0.1, -0.05) is 30.3 Å². The molecular formula is C16H16O2. The van der Waals surface area contributed by atoms with Crippen molar-refractivity contribution < 1.29 is 9.53 Å². The summed E-state index contributed by atoms with van der Waals surface area (Å²) in [5.41, 5.74) is 4.58. The molecule has 2 rings (SSSR count). The largest absolute Gasteiger partial charge is 0.497 e. The third-order valence-corrected chi connectivity index (χ3v) is 3.01. The number of hydrogen-bond acceptors (Lipinski definition) is 2. The first-order valence-electron chi connectivity index (χ1n) is 5.92. The van der Waals surface area contributed by atoms with E-state index < -0.39 is 0 Å². The van der Waals surface area contributed by atoms with E-state index in [1.54, 1.807) is 7.11 Å². The summed E-state index contributed by atoms with van der Waals surface area (Å²) in [6.07, 6.45) is 1.41. The van der Waals surface area contributed by atoms with Gasteiger partial charge in [0.05, 0.1) is 7.11 Å². The predicted molar refractivity (Wildman–Crippen MR) is 72.9 cm³/mol. The van der Waals surface area contributed by atoms with Crippen molar-refractivity contribution in [1.29, 1.82) is 0 Å². The van der Waals surface area contributed by atoms with Gasteiger partial charge in [-0.05, 0) is 41.3 Å². The quantitative estimate of drug-likeness (QED) is 0.765. The average molecular weight is 240 g/mol. The second-order valence-electron chi connectivity index (χ2n) is 4.25. The maximum Gasteiger partial charge on any atom is 0.124 e. The highest BCUT2D eigenvalue weighted by Crippen LogP contribution is 2.26. The van der Waals surface area contributed by atoms with Crippen LogP contribution in [0, 0.1) is 6.92 Å². The highest BCUT2D eigenvalue weighted by Gasteiger charge is 2.03. The Bertz CT molecular complexity index is 542. The van der Waals surface area contributed by atoms with Crippen molar-refractivity contribution in [2.24, 2.45) is 0 Å². The molecular weight excluding hydrogens is 224 g/mol.